The van der Waals surface area contributed by atoms with Gasteiger partial charge in [0.2, 0.25) is 17.7 Å². The summed E-state index contributed by atoms with van der Waals surface area (Å²) in [5.74, 6) is -1.55. The molecule has 2 aliphatic rings. The van der Waals surface area contributed by atoms with Gasteiger partial charge in [-0.2, -0.15) is 0 Å². The van der Waals surface area contributed by atoms with Gasteiger partial charge in [0.25, 0.3) is 0 Å². The summed E-state index contributed by atoms with van der Waals surface area (Å²) in [5.41, 5.74) is 0.145. The lowest BCUT2D eigenvalue weighted by Gasteiger charge is -2.29. The first-order valence-corrected chi connectivity index (χ1v) is 14.3. The molecule has 232 valence electrons. The van der Waals surface area contributed by atoms with Crippen molar-refractivity contribution < 1.29 is 38.5 Å². The van der Waals surface area contributed by atoms with Gasteiger partial charge in [0, 0.05) is 13.1 Å². The summed E-state index contributed by atoms with van der Waals surface area (Å²) in [6.07, 6.45) is -1.29. The molecule has 3 amide bonds. The number of ether oxygens (including phenoxy) is 3. The van der Waals surface area contributed by atoms with E-state index in [0.717, 1.165) is 5.56 Å². The number of methoxy groups -OCH3 is 1. The fourth-order valence-electron chi connectivity index (χ4n) is 4.81. The Hall–Kier alpha value is -3.84. The molecule has 12 heteroatoms. The lowest BCUT2D eigenvalue weighted by Crippen LogP contribution is -2.58. The van der Waals surface area contributed by atoms with E-state index in [0.29, 0.717) is 37.6 Å². The lowest BCUT2D eigenvalue weighted by atomic mass is 9.94. The van der Waals surface area contributed by atoms with E-state index in [1.807, 2.05) is 35.2 Å². The first-order chi connectivity index (χ1) is 20.6. The molecule has 0 bridgehead atoms. The fraction of sp³-hybridized carbons (Fsp3) is 0.484. The summed E-state index contributed by atoms with van der Waals surface area (Å²) in [6.45, 7) is 5.77. The maximum atomic E-state index is 13.8. The van der Waals surface area contributed by atoms with Crippen molar-refractivity contribution in [3.63, 3.8) is 0 Å². The van der Waals surface area contributed by atoms with Crippen LogP contribution in [0.1, 0.15) is 31.1 Å². The molecule has 0 unspecified atom stereocenters. The van der Waals surface area contributed by atoms with Crippen LogP contribution in [0.3, 0.4) is 0 Å². The molecule has 4 rings (SSSR count). The van der Waals surface area contributed by atoms with Gasteiger partial charge < -0.3 is 35.3 Å². The van der Waals surface area contributed by atoms with E-state index in [9.17, 15) is 24.3 Å². The third-order valence-electron chi connectivity index (χ3n) is 7.61. The van der Waals surface area contributed by atoms with Crippen molar-refractivity contribution in [1.82, 2.24) is 20.9 Å². The van der Waals surface area contributed by atoms with Crippen LogP contribution in [0.15, 0.2) is 54.6 Å². The zero-order valence-electron chi connectivity index (χ0n) is 24.7. The van der Waals surface area contributed by atoms with Crippen LogP contribution < -0.4 is 20.7 Å². The molecule has 43 heavy (non-hydrogen) atoms. The standard InChI is InChI=1S/C31H40N4O8/c1-20(32-25(36)18-35-13-15-42-16-14-35)29(39)34-26(27(37)22-9-11-23(41-3)12-10-22)30(40)33-24(28(38)31(2)19-43-31)17-21-7-5-4-6-8-21/h4-12,20,24,26-27,37H,13-19H2,1-3H3,(H,32,36)(H,33,40)(H,34,39)/t20-,24-,26-,27-,31+/m0/s1. The number of ketones is 1. The number of carbonyl (C=O) groups excluding carboxylic acids is 4. The number of benzene rings is 2. The second-order valence-corrected chi connectivity index (χ2v) is 11.0. The molecule has 0 aromatic heterocycles. The van der Waals surface area contributed by atoms with E-state index in [1.54, 1.807) is 31.2 Å². The third kappa shape index (κ3) is 8.83. The number of nitrogens with zero attached hydrogens (tertiary/aromatic N) is 1. The first kappa shape index (κ1) is 32.1. The van der Waals surface area contributed by atoms with Gasteiger partial charge in [0.05, 0.1) is 39.5 Å². The molecule has 0 spiro atoms. The number of hydrogen-bond acceptors (Lipinski definition) is 9. The molecule has 2 saturated heterocycles. The molecule has 12 nitrogen and oxygen atoms in total. The molecular weight excluding hydrogens is 556 g/mol. The van der Waals surface area contributed by atoms with Gasteiger partial charge in [-0.3, -0.25) is 24.1 Å². The summed E-state index contributed by atoms with van der Waals surface area (Å²) >= 11 is 0. The summed E-state index contributed by atoms with van der Waals surface area (Å²) in [6, 6.07) is 12.1. The van der Waals surface area contributed by atoms with Crippen LogP contribution >= 0.6 is 0 Å². The van der Waals surface area contributed by atoms with E-state index in [-0.39, 0.29) is 31.3 Å². The topological polar surface area (TPSA) is 159 Å². The Morgan fingerprint density at radius 1 is 0.977 bits per heavy atom. The number of carbonyl (C=O) groups is 4. The number of Topliss-reactive ketones (excluding diaryl/α,β-unsaturated/α-hetero) is 1. The molecule has 0 radical (unpaired) electrons. The maximum absolute atomic E-state index is 13.8. The van der Waals surface area contributed by atoms with Gasteiger partial charge in [0.15, 0.2) is 5.78 Å². The van der Waals surface area contributed by atoms with Crippen LogP contribution in [-0.4, -0.2) is 104 Å². The SMILES string of the molecule is COc1ccc([C@H](O)[C@H](NC(=O)[C@H](C)NC(=O)CN2CCOCC2)C(=O)N[C@@H](Cc2ccccc2)C(=O)[C@@]2(C)CO2)cc1. The van der Waals surface area contributed by atoms with Gasteiger partial charge >= 0.3 is 0 Å². The number of aliphatic hydroxyl groups is 1. The minimum Gasteiger partial charge on any atom is -0.497 e. The zero-order chi connectivity index (χ0) is 31.0. The van der Waals surface area contributed by atoms with Crippen molar-refractivity contribution >= 4 is 23.5 Å². The number of nitrogens with one attached hydrogen (secondary N) is 3. The number of rotatable bonds is 14. The monoisotopic (exact) mass is 596 g/mol. The van der Waals surface area contributed by atoms with Crippen molar-refractivity contribution in [3.05, 3.63) is 65.7 Å². The minimum absolute atomic E-state index is 0.101. The summed E-state index contributed by atoms with van der Waals surface area (Å²) in [7, 11) is 1.50. The second kappa shape index (κ2) is 14.6. The maximum Gasteiger partial charge on any atom is 0.246 e. The van der Waals surface area contributed by atoms with Crippen molar-refractivity contribution in [1.29, 1.82) is 0 Å². The Labute approximate surface area is 251 Å². The van der Waals surface area contributed by atoms with Crippen molar-refractivity contribution in [2.24, 2.45) is 0 Å². The van der Waals surface area contributed by atoms with E-state index < -0.39 is 41.6 Å². The summed E-state index contributed by atoms with van der Waals surface area (Å²) in [5, 5.41) is 19.3. The predicted molar refractivity (Wildman–Crippen MR) is 156 cm³/mol. The van der Waals surface area contributed by atoms with Crippen LogP contribution in [-0.2, 0) is 35.1 Å². The van der Waals surface area contributed by atoms with Crippen LogP contribution in [0.2, 0.25) is 0 Å². The zero-order valence-corrected chi connectivity index (χ0v) is 24.7. The van der Waals surface area contributed by atoms with Crippen LogP contribution in [0.5, 0.6) is 5.75 Å². The molecular formula is C31H40N4O8. The third-order valence-corrected chi connectivity index (χ3v) is 7.61. The highest BCUT2D eigenvalue weighted by Gasteiger charge is 2.50. The van der Waals surface area contributed by atoms with Gasteiger partial charge in [-0.1, -0.05) is 42.5 Å². The Bertz CT molecular complexity index is 1260. The number of epoxide rings is 1. The van der Waals surface area contributed by atoms with Gasteiger partial charge in [-0.25, -0.2) is 0 Å². The summed E-state index contributed by atoms with van der Waals surface area (Å²) in [4.78, 5) is 54.9. The van der Waals surface area contributed by atoms with Crippen LogP contribution in [0.4, 0.5) is 0 Å². The molecule has 2 aromatic carbocycles. The number of morpholine rings is 1. The summed E-state index contributed by atoms with van der Waals surface area (Å²) < 4.78 is 15.9. The second-order valence-electron chi connectivity index (χ2n) is 11.0. The van der Waals surface area contributed by atoms with E-state index >= 15 is 0 Å². The van der Waals surface area contributed by atoms with Gasteiger partial charge in [-0.05, 0) is 43.5 Å². The Kier molecular flexibility index (Phi) is 10.9. The average molecular weight is 597 g/mol. The number of hydrogen-bond donors (Lipinski definition) is 4. The Morgan fingerprint density at radius 3 is 2.23 bits per heavy atom. The highest BCUT2D eigenvalue weighted by Crippen LogP contribution is 2.29. The van der Waals surface area contributed by atoms with Crippen molar-refractivity contribution in [2.45, 2.75) is 50.1 Å². The van der Waals surface area contributed by atoms with Crippen LogP contribution in [0.25, 0.3) is 0 Å². The Balaban J connectivity index is 1.50. The quantitative estimate of drug-likeness (QED) is 0.223. The highest BCUT2D eigenvalue weighted by atomic mass is 16.6. The molecule has 2 aliphatic heterocycles. The minimum atomic E-state index is -1.49. The molecule has 2 aromatic rings. The smallest absolute Gasteiger partial charge is 0.246 e. The molecule has 0 saturated carbocycles. The van der Waals surface area contributed by atoms with Crippen molar-refractivity contribution in [2.75, 3.05) is 46.6 Å². The normalized spacial score (nSPS) is 21.0. The molecule has 4 N–H and O–H groups in total. The number of amides is 3. The molecule has 5 atom stereocenters. The molecule has 0 aliphatic carbocycles. The average Bonchev–Trinajstić information content (AvgIpc) is 3.77. The van der Waals surface area contributed by atoms with E-state index in [4.69, 9.17) is 14.2 Å². The molecule has 2 heterocycles. The van der Waals surface area contributed by atoms with Crippen LogP contribution in [0, 0.1) is 0 Å². The van der Waals surface area contributed by atoms with Gasteiger partial charge in [-0.15, -0.1) is 0 Å². The van der Waals surface area contributed by atoms with Crippen molar-refractivity contribution in [3.8, 4) is 5.75 Å². The molecule has 2 fully saturated rings. The lowest BCUT2D eigenvalue weighted by molar-refractivity contribution is -0.136. The Morgan fingerprint density at radius 2 is 1.63 bits per heavy atom. The number of aliphatic hydroxyl groups excluding tert-OH is 1. The predicted octanol–water partition coefficient (Wildman–Crippen LogP) is 0.136. The van der Waals surface area contributed by atoms with Gasteiger partial charge in [0.1, 0.15) is 29.5 Å². The fourth-order valence-corrected chi connectivity index (χ4v) is 4.81. The first-order valence-electron chi connectivity index (χ1n) is 14.3. The van der Waals surface area contributed by atoms with E-state index in [2.05, 4.69) is 16.0 Å². The highest BCUT2D eigenvalue weighted by molar-refractivity contribution is 5.98. The van der Waals surface area contributed by atoms with E-state index in [1.165, 1.54) is 14.0 Å². The largest absolute Gasteiger partial charge is 0.497 e.